The molecule has 2 N–H and O–H groups in total. The molecule has 18 heavy (non-hydrogen) atoms. The zero-order valence-electron chi connectivity index (χ0n) is 10.4. The van der Waals surface area contributed by atoms with E-state index in [1.165, 1.54) is 0 Å². The zero-order valence-corrected chi connectivity index (χ0v) is 10.4. The van der Waals surface area contributed by atoms with Gasteiger partial charge in [-0.1, -0.05) is 23.8 Å². The monoisotopic (exact) mass is 241 g/mol. The molecule has 2 rings (SSSR count). The lowest BCUT2D eigenvalue weighted by Crippen LogP contribution is -2.07. The van der Waals surface area contributed by atoms with E-state index in [1.54, 1.807) is 37.4 Å². The zero-order chi connectivity index (χ0) is 13.1. The Morgan fingerprint density at radius 2 is 1.83 bits per heavy atom. The summed E-state index contributed by atoms with van der Waals surface area (Å²) in [5.74, 6) is 0.447. The molecular weight excluding hydrogens is 226 g/mol. The Morgan fingerprint density at radius 3 is 2.50 bits per heavy atom. The summed E-state index contributed by atoms with van der Waals surface area (Å²) in [4.78, 5) is 12.4. The van der Waals surface area contributed by atoms with Gasteiger partial charge in [0, 0.05) is 11.3 Å². The van der Waals surface area contributed by atoms with Crippen molar-refractivity contribution in [1.82, 2.24) is 0 Å². The first-order valence-electron chi connectivity index (χ1n) is 5.67. The smallest absolute Gasteiger partial charge is 0.198 e. The molecule has 0 heterocycles. The van der Waals surface area contributed by atoms with Crippen LogP contribution in [0.1, 0.15) is 21.5 Å². The number of rotatable bonds is 3. The topological polar surface area (TPSA) is 52.3 Å². The number of para-hydroxylation sites is 1. The number of hydrogen-bond acceptors (Lipinski definition) is 3. The van der Waals surface area contributed by atoms with Crippen LogP contribution in [0.3, 0.4) is 0 Å². The number of anilines is 1. The number of nitrogens with two attached hydrogens (primary N) is 1. The minimum Gasteiger partial charge on any atom is -0.496 e. The molecule has 3 heteroatoms. The lowest BCUT2D eigenvalue weighted by Gasteiger charge is -2.10. The minimum absolute atomic E-state index is 0.117. The molecule has 3 nitrogen and oxygen atoms in total. The van der Waals surface area contributed by atoms with Gasteiger partial charge in [0.2, 0.25) is 0 Å². The largest absolute Gasteiger partial charge is 0.496 e. The van der Waals surface area contributed by atoms with Gasteiger partial charge in [0.25, 0.3) is 0 Å². The van der Waals surface area contributed by atoms with E-state index >= 15 is 0 Å². The Labute approximate surface area is 106 Å². The van der Waals surface area contributed by atoms with Gasteiger partial charge in [0.05, 0.1) is 12.7 Å². The number of aryl methyl sites for hydroxylation is 1. The first-order valence-corrected chi connectivity index (χ1v) is 5.67. The van der Waals surface area contributed by atoms with Crippen LogP contribution in [0.25, 0.3) is 0 Å². The lowest BCUT2D eigenvalue weighted by atomic mass is 9.99. The molecule has 0 aromatic heterocycles. The number of benzene rings is 2. The highest BCUT2D eigenvalue weighted by Crippen LogP contribution is 2.24. The Balaban J connectivity index is 2.52. The summed E-state index contributed by atoms with van der Waals surface area (Å²) >= 11 is 0. The number of carbonyl (C=O) groups is 1. The molecule has 2 aromatic carbocycles. The lowest BCUT2D eigenvalue weighted by molar-refractivity contribution is 0.103. The van der Waals surface area contributed by atoms with Crippen molar-refractivity contribution in [1.29, 1.82) is 0 Å². The summed E-state index contributed by atoms with van der Waals surface area (Å²) < 4.78 is 5.22. The molecule has 0 saturated carbocycles. The Morgan fingerprint density at radius 1 is 1.11 bits per heavy atom. The third-order valence-corrected chi connectivity index (χ3v) is 2.81. The summed E-state index contributed by atoms with van der Waals surface area (Å²) in [5.41, 5.74) is 8.35. The number of ether oxygens (including phenoxy) is 1. The van der Waals surface area contributed by atoms with Crippen molar-refractivity contribution in [3.8, 4) is 5.75 Å². The van der Waals surface area contributed by atoms with Gasteiger partial charge in [-0.25, -0.2) is 0 Å². The molecule has 0 amide bonds. The van der Waals surface area contributed by atoms with Gasteiger partial charge in [0.15, 0.2) is 5.78 Å². The maximum absolute atomic E-state index is 12.4. The second-order valence-electron chi connectivity index (χ2n) is 4.12. The van der Waals surface area contributed by atoms with Gasteiger partial charge in [-0.3, -0.25) is 4.79 Å². The molecule has 0 unspecified atom stereocenters. The summed E-state index contributed by atoms with van der Waals surface area (Å²) in [6.07, 6.45) is 0. The van der Waals surface area contributed by atoms with Crippen LogP contribution in [0.5, 0.6) is 5.75 Å². The van der Waals surface area contributed by atoms with Crippen LogP contribution in [-0.4, -0.2) is 12.9 Å². The van der Waals surface area contributed by atoms with E-state index in [4.69, 9.17) is 10.5 Å². The summed E-state index contributed by atoms with van der Waals surface area (Å²) in [7, 11) is 1.55. The minimum atomic E-state index is -0.117. The number of carbonyl (C=O) groups excluding carboxylic acids is 1. The quantitative estimate of drug-likeness (QED) is 0.664. The fraction of sp³-hybridized carbons (Fsp3) is 0.133. The second kappa shape index (κ2) is 4.92. The summed E-state index contributed by atoms with van der Waals surface area (Å²) in [6, 6.07) is 12.6. The van der Waals surface area contributed by atoms with Crippen molar-refractivity contribution >= 4 is 11.5 Å². The number of hydrogen-bond donors (Lipinski definition) is 1. The van der Waals surface area contributed by atoms with Crippen LogP contribution in [0.15, 0.2) is 42.5 Å². The molecule has 0 radical (unpaired) electrons. The van der Waals surface area contributed by atoms with Gasteiger partial charge in [0.1, 0.15) is 5.75 Å². The Bertz CT molecular complexity index is 591. The number of nitrogen functional groups attached to an aromatic ring is 1. The maximum atomic E-state index is 12.4. The van der Waals surface area contributed by atoms with Gasteiger partial charge >= 0.3 is 0 Å². The molecule has 0 aliphatic rings. The number of ketones is 1. The Kier molecular flexibility index (Phi) is 3.33. The van der Waals surface area contributed by atoms with Crippen molar-refractivity contribution in [2.45, 2.75) is 6.92 Å². The third kappa shape index (κ3) is 2.20. The van der Waals surface area contributed by atoms with Crippen LogP contribution in [0.2, 0.25) is 0 Å². The van der Waals surface area contributed by atoms with Crippen molar-refractivity contribution in [3.63, 3.8) is 0 Å². The van der Waals surface area contributed by atoms with Crippen LogP contribution >= 0.6 is 0 Å². The summed E-state index contributed by atoms with van der Waals surface area (Å²) in [5, 5.41) is 0. The van der Waals surface area contributed by atoms with Gasteiger partial charge < -0.3 is 10.5 Å². The molecule has 0 atom stereocenters. The van der Waals surface area contributed by atoms with E-state index < -0.39 is 0 Å². The molecule has 0 fully saturated rings. The molecule has 2 aromatic rings. The normalized spacial score (nSPS) is 10.1. The maximum Gasteiger partial charge on any atom is 0.198 e. The second-order valence-corrected chi connectivity index (χ2v) is 4.12. The van der Waals surface area contributed by atoms with Crippen molar-refractivity contribution in [2.75, 3.05) is 12.8 Å². The summed E-state index contributed by atoms with van der Waals surface area (Å²) in [6.45, 7) is 1.94. The van der Waals surface area contributed by atoms with Gasteiger partial charge in [-0.05, 0) is 31.2 Å². The van der Waals surface area contributed by atoms with Crippen molar-refractivity contribution < 1.29 is 9.53 Å². The van der Waals surface area contributed by atoms with Crippen LogP contribution in [0.4, 0.5) is 5.69 Å². The van der Waals surface area contributed by atoms with E-state index in [-0.39, 0.29) is 5.78 Å². The fourth-order valence-corrected chi connectivity index (χ4v) is 1.85. The van der Waals surface area contributed by atoms with Gasteiger partial charge in [-0.15, -0.1) is 0 Å². The molecule has 92 valence electrons. The average Bonchev–Trinajstić information content (AvgIpc) is 2.38. The molecular formula is C15H15NO2. The average molecular weight is 241 g/mol. The first-order chi connectivity index (χ1) is 8.63. The van der Waals surface area contributed by atoms with E-state index in [0.717, 1.165) is 5.56 Å². The highest BCUT2D eigenvalue weighted by Gasteiger charge is 2.16. The van der Waals surface area contributed by atoms with E-state index in [1.807, 2.05) is 19.1 Å². The first kappa shape index (κ1) is 12.2. The Hall–Kier alpha value is -2.29. The number of methoxy groups -OCH3 is 1. The van der Waals surface area contributed by atoms with E-state index in [0.29, 0.717) is 22.6 Å². The molecule has 0 spiro atoms. The highest BCUT2D eigenvalue weighted by atomic mass is 16.5. The predicted octanol–water partition coefficient (Wildman–Crippen LogP) is 2.82. The molecule has 0 aliphatic heterocycles. The fourth-order valence-electron chi connectivity index (χ4n) is 1.85. The van der Waals surface area contributed by atoms with Crippen molar-refractivity contribution in [3.05, 3.63) is 59.2 Å². The van der Waals surface area contributed by atoms with Crippen LogP contribution < -0.4 is 10.5 Å². The standard InChI is InChI=1S/C15H15NO2/c1-10-7-8-14(18-2)12(9-10)15(17)11-5-3-4-6-13(11)16/h3-9H,16H2,1-2H3. The van der Waals surface area contributed by atoms with Gasteiger partial charge in [-0.2, -0.15) is 0 Å². The van der Waals surface area contributed by atoms with E-state index in [2.05, 4.69) is 0 Å². The van der Waals surface area contributed by atoms with Crippen LogP contribution in [-0.2, 0) is 0 Å². The predicted molar refractivity (Wildman–Crippen MR) is 72.0 cm³/mol. The van der Waals surface area contributed by atoms with Crippen LogP contribution in [0, 0.1) is 6.92 Å². The molecule has 0 bridgehead atoms. The third-order valence-electron chi connectivity index (χ3n) is 2.81. The van der Waals surface area contributed by atoms with Crippen molar-refractivity contribution in [2.24, 2.45) is 0 Å². The SMILES string of the molecule is COc1ccc(C)cc1C(=O)c1ccccc1N. The highest BCUT2D eigenvalue weighted by molar-refractivity contribution is 6.13. The molecule has 0 aliphatic carbocycles. The molecule has 0 saturated heterocycles. The van der Waals surface area contributed by atoms with E-state index in [9.17, 15) is 4.79 Å².